The summed E-state index contributed by atoms with van der Waals surface area (Å²) in [5.41, 5.74) is 3.43. The van der Waals surface area contributed by atoms with Crippen LogP contribution in [0.2, 0.25) is 5.02 Å². The first kappa shape index (κ1) is 17.5. The maximum Gasteiger partial charge on any atom is 0.257 e. The van der Waals surface area contributed by atoms with Crippen molar-refractivity contribution in [3.8, 4) is 11.3 Å². The monoisotopic (exact) mass is 394 g/mol. The van der Waals surface area contributed by atoms with Crippen LogP contribution in [0.15, 0.2) is 72.4 Å². The number of carbonyl (C=O) groups is 1. The summed E-state index contributed by atoms with van der Waals surface area (Å²) < 4.78 is 1.84. The standard InChI is InChI=1S/C20H15ClN4OS/c21-17-8-6-15(7-9-17)18-13-27-20(23-18)24-19(26)16-4-2-14(3-5-16)12-25-11-1-10-22-25/h1-11,13H,12H2,(H,23,24,26). The molecule has 2 aromatic heterocycles. The van der Waals surface area contributed by atoms with Crippen molar-refractivity contribution in [2.75, 3.05) is 5.32 Å². The molecule has 0 fully saturated rings. The maximum atomic E-state index is 12.5. The van der Waals surface area contributed by atoms with Gasteiger partial charge in [-0.1, -0.05) is 35.9 Å². The molecule has 1 amide bonds. The van der Waals surface area contributed by atoms with Gasteiger partial charge in [-0.15, -0.1) is 11.3 Å². The fourth-order valence-electron chi connectivity index (χ4n) is 2.60. The highest BCUT2D eigenvalue weighted by molar-refractivity contribution is 7.14. The molecule has 0 aliphatic heterocycles. The number of nitrogens with one attached hydrogen (secondary N) is 1. The molecule has 0 atom stereocenters. The fourth-order valence-corrected chi connectivity index (χ4v) is 3.44. The number of rotatable bonds is 5. The molecule has 0 aliphatic carbocycles. The quantitative estimate of drug-likeness (QED) is 0.520. The van der Waals surface area contributed by atoms with E-state index in [0.717, 1.165) is 16.8 Å². The van der Waals surface area contributed by atoms with Gasteiger partial charge < -0.3 is 0 Å². The number of amides is 1. The lowest BCUT2D eigenvalue weighted by molar-refractivity contribution is 0.102. The molecular weight excluding hydrogens is 380 g/mol. The summed E-state index contributed by atoms with van der Waals surface area (Å²) in [6, 6.07) is 16.8. The summed E-state index contributed by atoms with van der Waals surface area (Å²) in [4.78, 5) is 16.9. The maximum absolute atomic E-state index is 12.5. The van der Waals surface area contributed by atoms with Gasteiger partial charge in [0.05, 0.1) is 12.2 Å². The van der Waals surface area contributed by atoms with Gasteiger partial charge in [-0.25, -0.2) is 4.98 Å². The lowest BCUT2D eigenvalue weighted by atomic mass is 10.1. The summed E-state index contributed by atoms with van der Waals surface area (Å²) in [6.07, 6.45) is 3.65. The fraction of sp³-hybridized carbons (Fsp3) is 0.0500. The smallest absolute Gasteiger partial charge is 0.257 e. The zero-order valence-corrected chi connectivity index (χ0v) is 15.7. The van der Waals surface area contributed by atoms with Crippen molar-refractivity contribution in [1.29, 1.82) is 0 Å². The minimum Gasteiger partial charge on any atom is -0.298 e. The molecule has 4 rings (SSSR count). The van der Waals surface area contributed by atoms with Crippen molar-refractivity contribution < 1.29 is 4.79 Å². The number of aromatic nitrogens is 3. The Morgan fingerprint density at radius 3 is 2.59 bits per heavy atom. The van der Waals surface area contributed by atoms with Crippen LogP contribution in [0.25, 0.3) is 11.3 Å². The second kappa shape index (κ2) is 7.73. The topological polar surface area (TPSA) is 59.8 Å². The van der Waals surface area contributed by atoms with Crippen LogP contribution in [0, 0.1) is 0 Å². The van der Waals surface area contributed by atoms with Gasteiger partial charge in [-0.05, 0) is 35.9 Å². The summed E-state index contributed by atoms with van der Waals surface area (Å²) in [7, 11) is 0. The Balaban J connectivity index is 1.42. The molecule has 2 aromatic carbocycles. The Bertz CT molecular complexity index is 1040. The third-order valence-corrected chi connectivity index (χ3v) is 4.99. The van der Waals surface area contributed by atoms with Gasteiger partial charge in [0.1, 0.15) is 0 Å². The highest BCUT2D eigenvalue weighted by Crippen LogP contribution is 2.26. The van der Waals surface area contributed by atoms with Crippen LogP contribution in [-0.2, 0) is 6.54 Å². The average Bonchev–Trinajstić information content (AvgIpc) is 3.35. The van der Waals surface area contributed by atoms with Gasteiger partial charge in [0, 0.05) is 33.9 Å². The third-order valence-electron chi connectivity index (χ3n) is 3.98. The first-order valence-corrected chi connectivity index (χ1v) is 9.52. The molecule has 5 nitrogen and oxygen atoms in total. The lowest BCUT2D eigenvalue weighted by Crippen LogP contribution is -2.11. The Hall–Kier alpha value is -2.96. The van der Waals surface area contributed by atoms with Gasteiger partial charge in [-0.2, -0.15) is 5.10 Å². The number of thiazole rings is 1. The van der Waals surface area contributed by atoms with Crippen LogP contribution in [0.4, 0.5) is 5.13 Å². The van der Waals surface area contributed by atoms with Crippen LogP contribution in [-0.4, -0.2) is 20.7 Å². The molecule has 0 radical (unpaired) electrons. The molecule has 0 unspecified atom stereocenters. The van der Waals surface area contributed by atoms with E-state index in [0.29, 0.717) is 22.3 Å². The summed E-state index contributed by atoms with van der Waals surface area (Å²) in [6.45, 7) is 0.672. The zero-order valence-electron chi connectivity index (χ0n) is 14.2. The Morgan fingerprint density at radius 2 is 1.89 bits per heavy atom. The summed E-state index contributed by atoms with van der Waals surface area (Å²) in [5.74, 6) is -0.183. The Morgan fingerprint density at radius 1 is 1.11 bits per heavy atom. The highest BCUT2D eigenvalue weighted by Gasteiger charge is 2.10. The molecule has 2 heterocycles. The molecule has 0 aliphatic rings. The number of benzene rings is 2. The second-order valence-corrected chi connectivity index (χ2v) is 7.19. The van der Waals surface area contributed by atoms with Crippen molar-refractivity contribution in [3.63, 3.8) is 0 Å². The van der Waals surface area contributed by atoms with Crippen LogP contribution in [0.1, 0.15) is 15.9 Å². The van der Waals surface area contributed by atoms with Gasteiger partial charge in [0.15, 0.2) is 5.13 Å². The molecule has 0 saturated carbocycles. The largest absolute Gasteiger partial charge is 0.298 e. The van der Waals surface area contributed by atoms with Gasteiger partial charge >= 0.3 is 0 Å². The predicted molar refractivity (Wildman–Crippen MR) is 108 cm³/mol. The highest BCUT2D eigenvalue weighted by atomic mass is 35.5. The van der Waals surface area contributed by atoms with Crippen molar-refractivity contribution in [1.82, 2.24) is 14.8 Å². The molecular formula is C20H15ClN4OS. The third kappa shape index (κ3) is 4.24. The number of nitrogens with zero attached hydrogens (tertiary/aromatic N) is 3. The van der Waals surface area contributed by atoms with Crippen molar-refractivity contribution in [2.45, 2.75) is 6.54 Å². The molecule has 1 N–H and O–H groups in total. The molecule has 7 heteroatoms. The van der Waals surface area contributed by atoms with Crippen LogP contribution in [0.5, 0.6) is 0 Å². The van der Waals surface area contributed by atoms with E-state index in [1.165, 1.54) is 11.3 Å². The number of anilines is 1. The van der Waals surface area contributed by atoms with Crippen LogP contribution in [0.3, 0.4) is 0 Å². The molecule has 0 saturated heterocycles. The molecule has 134 valence electrons. The Kier molecular flexibility index (Phi) is 5.00. The van der Waals surface area contributed by atoms with E-state index in [1.807, 2.05) is 70.9 Å². The second-order valence-electron chi connectivity index (χ2n) is 5.90. The first-order chi connectivity index (χ1) is 13.2. The first-order valence-electron chi connectivity index (χ1n) is 8.26. The van der Waals surface area contributed by atoms with E-state index in [-0.39, 0.29) is 5.91 Å². The number of carbonyl (C=O) groups excluding carboxylic acids is 1. The van der Waals surface area contributed by atoms with Gasteiger partial charge in [0.25, 0.3) is 5.91 Å². The lowest BCUT2D eigenvalue weighted by Gasteiger charge is -2.05. The number of halogens is 1. The molecule has 4 aromatic rings. The van der Waals surface area contributed by atoms with Crippen LogP contribution >= 0.6 is 22.9 Å². The number of hydrogen-bond donors (Lipinski definition) is 1. The SMILES string of the molecule is O=C(Nc1nc(-c2ccc(Cl)cc2)cs1)c1ccc(Cn2cccn2)cc1. The Labute approximate surface area is 165 Å². The molecule has 27 heavy (non-hydrogen) atoms. The van der Waals surface area contributed by atoms with Crippen molar-refractivity contribution in [3.05, 3.63) is 88.5 Å². The van der Waals surface area contributed by atoms with Crippen molar-refractivity contribution in [2.24, 2.45) is 0 Å². The van der Waals surface area contributed by atoms with E-state index in [1.54, 1.807) is 6.20 Å². The van der Waals surface area contributed by atoms with Crippen molar-refractivity contribution >= 4 is 34.0 Å². The number of hydrogen-bond acceptors (Lipinski definition) is 4. The average molecular weight is 395 g/mol. The zero-order chi connectivity index (χ0) is 18.6. The molecule has 0 bridgehead atoms. The predicted octanol–water partition coefficient (Wildman–Crippen LogP) is 4.96. The van der Waals surface area contributed by atoms with E-state index >= 15 is 0 Å². The minimum atomic E-state index is -0.183. The van der Waals surface area contributed by atoms with Gasteiger partial charge in [-0.3, -0.25) is 14.8 Å². The van der Waals surface area contributed by atoms with Crippen LogP contribution < -0.4 is 5.32 Å². The molecule has 0 spiro atoms. The van der Waals surface area contributed by atoms with E-state index < -0.39 is 0 Å². The van der Waals surface area contributed by atoms with E-state index in [9.17, 15) is 4.79 Å². The van der Waals surface area contributed by atoms with E-state index in [2.05, 4.69) is 15.4 Å². The normalized spacial score (nSPS) is 10.7. The minimum absolute atomic E-state index is 0.183. The summed E-state index contributed by atoms with van der Waals surface area (Å²) >= 11 is 7.30. The van der Waals surface area contributed by atoms with E-state index in [4.69, 9.17) is 11.6 Å². The van der Waals surface area contributed by atoms with Gasteiger partial charge in [0.2, 0.25) is 0 Å². The summed E-state index contributed by atoms with van der Waals surface area (Å²) in [5, 5.41) is 10.2.